The number of benzene rings is 1. The molecular formula is C29H36N2O7. The molecule has 204 valence electrons. The van der Waals surface area contributed by atoms with Gasteiger partial charge in [0.25, 0.3) is 5.91 Å². The van der Waals surface area contributed by atoms with Gasteiger partial charge >= 0.3 is 0 Å². The number of amides is 1. The predicted octanol–water partition coefficient (Wildman–Crippen LogP) is 2.63. The second kappa shape index (κ2) is 9.54. The lowest BCUT2D eigenvalue weighted by Gasteiger charge is -2.50. The number of nitrogens with two attached hydrogens (primary N) is 1. The molecule has 1 fully saturated rings. The van der Waals surface area contributed by atoms with Crippen LogP contribution >= 0.6 is 0 Å². The molecule has 9 heteroatoms. The summed E-state index contributed by atoms with van der Waals surface area (Å²) in [7, 11) is 3.24. The smallest absolute Gasteiger partial charge is 0.255 e. The molecule has 5 rings (SSSR count). The number of phenolic OH excluding ortho intramolecular Hbond substituents is 1. The number of fused-ring (bicyclic) bond motifs is 3. The first-order chi connectivity index (χ1) is 18.0. The highest BCUT2D eigenvalue weighted by Gasteiger charge is 2.63. The largest absolute Gasteiger partial charge is 0.510 e. The van der Waals surface area contributed by atoms with E-state index < -0.39 is 58.0 Å². The molecule has 1 saturated carbocycles. The van der Waals surface area contributed by atoms with E-state index in [1.807, 2.05) is 6.07 Å². The summed E-state index contributed by atoms with van der Waals surface area (Å²) in [6.07, 6.45) is 8.36. The number of aryl methyl sites for hydroxylation is 1. The van der Waals surface area contributed by atoms with Crippen molar-refractivity contribution < 1.29 is 34.8 Å². The number of aliphatic hydroxyl groups excluding tert-OH is 2. The minimum absolute atomic E-state index is 0.0897. The summed E-state index contributed by atoms with van der Waals surface area (Å²) in [6, 6.07) is 2.36. The molecule has 1 aromatic carbocycles. The third kappa shape index (κ3) is 3.86. The van der Waals surface area contributed by atoms with Gasteiger partial charge in [0.15, 0.2) is 11.4 Å². The van der Waals surface area contributed by atoms with Gasteiger partial charge in [-0.2, -0.15) is 0 Å². The number of rotatable bonds is 5. The number of carbonyl (C=O) groups is 3. The maximum absolute atomic E-state index is 13.8. The summed E-state index contributed by atoms with van der Waals surface area (Å²) in [6.45, 7) is 0. The molecule has 38 heavy (non-hydrogen) atoms. The third-order valence-electron chi connectivity index (χ3n) is 9.25. The average molecular weight is 525 g/mol. The number of hydrogen-bond acceptors (Lipinski definition) is 8. The Morgan fingerprint density at radius 2 is 1.79 bits per heavy atom. The Hall–Kier alpha value is -3.17. The Morgan fingerprint density at radius 3 is 2.42 bits per heavy atom. The summed E-state index contributed by atoms with van der Waals surface area (Å²) < 4.78 is 0. The molecule has 1 aromatic rings. The van der Waals surface area contributed by atoms with Crippen LogP contribution in [0.5, 0.6) is 5.75 Å². The average Bonchev–Trinajstić information content (AvgIpc) is 2.86. The van der Waals surface area contributed by atoms with E-state index in [9.17, 15) is 34.8 Å². The lowest BCUT2D eigenvalue weighted by Crippen LogP contribution is -2.63. The highest BCUT2D eigenvalue weighted by atomic mass is 16.3. The van der Waals surface area contributed by atoms with Crippen LogP contribution < -0.4 is 5.73 Å². The molecule has 1 amide bonds. The van der Waals surface area contributed by atoms with Crippen molar-refractivity contribution in [1.29, 1.82) is 0 Å². The zero-order valence-corrected chi connectivity index (χ0v) is 21.9. The number of primary amides is 1. The molecule has 0 bridgehead atoms. The van der Waals surface area contributed by atoms with Crippen molar-refractivity contribution in [3.05, 3.63) is 51.5 Å². The fourth-order valence-electron chi connectivity index (χ4n) is 7.38. The fraction of sp³-hybridized carbons (Fsp3) is 0.552. The van der Waals surface area contributed by atoms with Crippen LogP contribution in [0.3, 0.4) is 0 Å². The third-order valence-corrected chi connectivity index (χ3v) is 9.25. The quantitative estimate of drug-likeness (QED) is 0.367. The topological polar surface area (TPSA) is 161 Å². The van der Waals surface area contributed by atoms with E-state index in [1.165, 1.54) is 38.2 Å². The first-order valence-electron chi connectivity index (χ1n) is 13.5. The van der Waals surface area contributed by atoms with Gasteiger partial charge in [0.05, 0.1) is 11.6 Å². The van der Waals surface area contributed by atoms with E-state index in [2.05, 4.69) is 0 Å². The monoisotopic (exact) mass is 524 g/mol. The van der Waals surface area contributed by atoms with E-state index in [-0.39, 0.29) is 23.3 Å². The Labute approximate surface area is 221 Å². The van der Waals surface area contributed by atoms with Crippen LogP contribution in [0.25, 0.3) is 0 Å². The normalized spacial score (nSPS) is 29.8. The van der Waals surface area contributed by atoms with E-state index in [1.54, 1.807) is 19.0 Å². The minimum atomic E-state index is -2.61. The molecule has 4 aliphatic carbocycles. The Bertz CT molecular complexity index is 1270. The zero-order valence-electron chi connectivity index (χ0n) is 21.9. The fourth-order valence-corrected chi connectivity index (χ4v) is 7.38. The van der Waals surface area contributed by atoms with Gasteiger partial charge in [-0.3, -0.25) is 19.3 Å². The van der Waals surface area contributed by atoms with Crippen LogP contribution in [0.4, 0.5) is 0 Å². The lowest BCUT2D eigenvalue weighted by molar-refractivity contribution is -0.148. The number of aromatic hydroxyl groups is 1. The van der Waals surface area contributed by atoms with Gasteiger partial charge in [0.1, 0.15) is 22.8 Å². The summed E-state index contributed by atoms with van der Waals surface area (Å²) in [5, 5.41) is 44.6. The summed E-state index contributed by atoms with van der Waals surface area (Å²) in [5.74, 6) is -5.61. The Morgan fingerprint density at radius 1 is 1.11 bits per heavy atom. The van der Waals surface area contributed by atoms with Crippen molar-refractivity contribution >= 4 is 17.5 Å². The molecule has 0 spiro atoms. The first kappa shape index (κ1) is 26.4. The molecule has 9 nitrogen and oxygen atoms in total. The molecule has 4 atom stereocenters. The van der Waals surface area contributed by atoms with Crippen LogP contribution in [0.1, 0.15) is 66.4 Å². The summed E-state index contributed by atoms with van der Waals surface area (Å²) in [4.78, 5) is 40.8. The standard InChI is InChI=1S/C29H36N2O7/c1-31(2)23-18-13-16-12-17-15(9-8-14-6-4-3-5-7-14)10-11-19(32)21(17)24(33)20(16)26(35)29(18,38)27(36)22(25(23)34)28(30)37/h10-11,14,16,18,23,32,34-35,38H,3-9,12-13H2,1-2H3,(H2,30,37)/t16-,18-,23-,29+/m0/s1. The van der Waals surface area contributed by atoms with Crippen LogP contribution in [0.15, 0.2) is 34.8 Å². The number of aliphatic hydroxyl groups is 3. The predicted molar refractivity (Wildman–Crippen MR) is 139 cm³/mol. The number of nitrogens with zero attached hydrogens (tertiary/aromatic N) is 1. The van der Waals surface area contributed by atoms with Crippen molar-refractivity contribution in [2.45, 2.75) is 69.4 Å². The number of carbonyl (C=O) groups excluding carboxylic acids is 3. The van der Waals surface area contributed by atoms with Gasteiger partial charge in [-0.15, -0.1) is 0 Å². The van der Waals surface area contributed by atoms with Crippen LogP contribution in [0.2, 0.25) is 0 Å². The molecule has 4 aliphatic rings. The molecule has 0 saturated heterocycles. The number of Topliss-reactive ketones (excluding diaryl/α,β-unsaturated/α-hetero) is 2. The highest BCUT2D eigenvalue weighted by molar-refractivity contribution is 6.24. The van der Waals surface area contributed by atoms with Gasteiger partial charge in [0.2, 0.25) is 5.78 Å². The molecule has 0 radical (unpaired) electrons. The van der Waals surface area contributed by atoms with Gasteiger partial charge in [0, 0.05) is 11.5 Å². The minimum Gasteiger partial charge on any atom is -0.510 e. The number of phenols is 1. The number of likely N-dealkylation sites (N-methyl/N-ethyl adjacent to an activating group) is 1. The maximum Gasteiger partial charge on any atom is 0.255 e. The van der Waals surface area contributed by atoms with Gasteiger partial charge in [-0.25, -0.2) is 0 Å². The molecule has 0 unspecified atom stereocenters. The van der Waals surface area contributed by atoms with Crippen molar-refractivity contribution in [2.24, 2.45) is 23.5 Å². The van der Waals surface area contributed by atoms with Crippen LogP contribution in [-0.4, -0.2) is 68.5 Å². The molecular weight excluding hydrogens is 488 g/mol. The van der Waals surface area contributed by atoms with Gasteiger partial charge in [-0.05, 0) is 68.8 Å². The second-order valence-electron chi connectivity index (χ2n) is 11.6. The van der Waals surface area contributed by atoms with Crippen molar-refractivity contribution in [1.82, 2.24) is 4.90 Å². The van der Waals surface area contributed by atoms with Gasteiger partial charge in [-0.1, -0.05) is 38.2 Å². The second-order valence-corrected chi connectivity index (χ2v) is 11.6. The number of allylic oxidation sites excluding steroid dienone is 1. The Balaban J connectivity index is 1.58. The van der Waals surface area contributed by atoms with E-state index in [0.717, 1.165) is 24.0 Å². The van der Waals surface area contributed by atoms with Gasteiger partial charge < -0.3 is 26.2 Å². The van der Waals surface area contributed by atoms with E-state index >= 15 is 0 Å². The van der Waals surface area contributed by atoms with Crippen molar-refractivity contribution in [3.8, 4) is 5.75 Å². The zero-order chi connectivity index (χ0) is 27.5. The number of ketones is 2. The molecule has 0 aromatic heterocycles. The SMILES string of the molecule is CN(C)[C@@H]1C(O)=C(C(N)=O)C(=O)[C@]2(O)C(O)=C3C(=O)c4c(O)ccc(CCC5CCCCC5)c4C[C@H]3C[C@@H]12. The van der Waals surface area contributed by atoms with E-state index in [4.69, 9.17) is 5.73 Å². The first-order valence-corrected chi connectivity index (χ1v) is 13.5. The molecule has 0 aliphatic heterocycles. The lowest BCUT2D eigenvalue weighted by atomic mass is 9.58. The highest BCUT2D eigenvalue weighted by Crippen LogP contribution is 2.52. The molecule has 0 heterocycles. The summed E-state index contributed by atoms with van der Waals surface area (Å²) >= 11 is 0. The molecule has 6 N–H and O–H groups in total. The maximum atomic E-state index is 13.8. The van der Waals surface area contributed by atoms with Crippen LogP contribution in [-0.2, 0) is 22.4 Å². The van der Waals surface area contributed by atoms with Crippen molar-refractivity contribution in [3.63, 3.8) is 0 Å². The summed E-state index contributed by atoms with van der Waals surface area (Å²) in [5.41, 5.74) is 3.65. The Kier molecular flexibility index (Phi) is 6.64. The van der Waals surface area contributed by atoms with Crippen LogP contribution in [0, 0.1) is 17.8 Å². The number of hydrogen-bond donors (Lipinski definition) is 5. The van der Waals surface area contributed by atoms with Crippen molar-refractivity contribution in [2.75, 3.05) is 14.1 Å². The van der Waals surface area contributed by atoms with E-state index in [0.29, 0.717) is 12.3 Å².